The number of hydrogen-bond donors (Lipinski definition) is 7. The Morgan fingerprint density at radius 3 is 1.73 bits per heavy atom. The number of carbonyl (C=O) groups is 6. The van der Waals surface area contributed by atoms with Gasteiger partial charge in [0.05, 0.1) is 18.8 Å². The molecule has 15 heteroatoms. The molecule has 0 radical (unpaired) electrons. The normalized spacial score (nSPS) is 12.4. The van der Waals surface area contributed by atoms with Crippen molar-refractivity contribution in [2.45, 2.75) is 25.3 Å². The molecule has 0 saturated carbocycles. The summed E-state index contributed by atoms with van der Waals surface area (Å²) in [6.45, 7) is 0. The quantitative estimate of drug-likeness (QED) is 0.189. The number of nitrogens with one attached hydrogen (secondary N) is 1. The molecule has 0 bridgehead atoms. The lowest BCUT2D eigenvalue weighted by Gasteiger charge is -2.14. The highest BCUT2D eigenvalue weighted by molar-refractivity contribution is 6.03. The Kier molecular flexibility index (Phi) is 7.72. The predicted molar refractivity (Wildman–Crippen MR) is 94.3 cm³/mol. The Labute approximate surface area is 166 Å². The number of amides is 1. The van der Waals surface area contributed by atoms with Gasteiger partial charge in [0, 0.05) is 6.42 Å². The van der Waals surface area contributed by atoms with E-state index in [-0.39, 0.29) is 0 Å². The zero-order valence-electron chi connectivity index (χ0n) is 15.1. The third-order valence-electron chi connectivity index (χ3n) is 3.61. The van der Waals surface area contributed by atoms with Crippen LogP contribution >= 0.6 is 0 Å². The third-order valence-corrected chi connectivity index (χ3v) is 3.61. The molecule has 0 aliphatic carbocycles. The highest BCUT2D eigenvalue weighted by Crippen LogP contribution is 2.19. The zero-order valence-corrected chi connectivity index (χ0v) is 15.1. The van der Waals surface area contributed by atoms with E-state index in [1.165, 1.54) is 0 Å². The summed E-state index contributed by atoms with van der Waals surface area (Å²) < 4.78 is 0. The van der Waals surface area contributed by atoms with Gasteiger partial charge in [0.25, 0.3) is 5.91 Å². The molecule has 0 aliphatic rings. The maximum absolute atomic E-state index is 12.2. The van der Waals surface area contributed by atoms with Crippen molar-refractivity contribution in [2.24, 2.45) is 5.92 Å². The second kappa shape index (κ2) is 9.76. The number of nitrogens with zero attached hydrogens (tertiary/aromatic N) is 2. The van der Waals surface area contributed by atoms with Crippen LogP contribution in [0.15, 0.2) is 0 Å². The largest absolute Gasteiger partial charge is 0.481 e. The standard InChI is InChI=1S/C15H17N5O10/c16-11-9(6(21)1-4(14(27)28)2-7(22)23)19-12(17)10(20-11)13(26)18-5(15(29)30)3-8(24)25/h4-5H,1-3H2,(H2,16,20)(H2,17,19)(H,18,26)(H,22,23)(H,24,25)(H,27,28)(H,29,30)/t4-,5?/m1/s1. The molecule has 30 heavy (non-hydrogen) atoms. The van der Waals surface area contributed by atoms with Crippen LogP contribution < -0.4 is 16.8 Å². The van der Waals surface area contributed by atoms with Gasteiger partial charge >= 0.3 is 23.9 Å². The van der Waals surface area contributed by atoms with E-state index < -0.39 is 89.8 Å². The fourth-order valence-electron chi connectivity index (χ4n) is 2.21. The maximum Gasteiger partial charge on any atom is 0.326 e. The van der Waals surface area contributed by atoms with Gasteiger partial charge in [0.15, 0.2) is 28.8 Å². The molecule has 0 aromatic carbocycles. The number of nitrogens with two attached hydrogens (primary N) is 2. The number of ketones is 1. The number of hydrogen-bond acceptors (Lipinski definition) is 10. The van der Waals surface area contributed by atoms with Crippen molar-refractivity contribution in [3.8, 4) is 0 Å². The number of carboxylic acid groups (broad SMARTS) is 4. The van der Waals surface area contributed by atoms with Crippen molar-refractivity contribution in [3.63, 3.8) is 0 Å². The van der Waals surface area contributed by atoms with E-state index in [0.29, 0.717) is 0 Å². The summed E-state index contributed by atoms with van der Waals surface area (Å²) in [4.78, 5) is 75.0. The molecule has 1 rings (SSSR count). The van der Waals surface area contributed by atoms with Gasteiger partial charge in [-0.2, -0.15) is 0 Å². The molecule has 9 N–H and O–H groups in total. The second-order valence-electron chi connectivity index (χ2n) is 5.91. The van der Waals surface area contributed by atoms with Crippen LogP contribution in [0.4, 0.5) is 11.6 Å². The maximum atomic E-state index is 12.2. The van der Waals surface area contributed by atoms with E-state index in [2.05, 4.69) is 9.97 Å². The zero-order chi connectivity index (χ0) is 23.2. The molecule has 0 fully saturated rings. The van der Waals surface area contributed by atoms with E-state index >= 15 is 0 Å². The number of aliphatic carboxylic acids is 4. The molecule has 1 amide bonds. The topological polar surface area (TPSA) is 273 Å². The fourth-order valence-corrected chi connectivity index (χ4v) is 2.21. The van der Waals surface area contributed by atoms with Gasteiger partial charge in [-0.1, -0.05) is 0 Å². The Bertz CT molecular complexity index is 842. The molecular weight excluding hydrogens is 410 g/mol. The van der Waals surface area contributed by atoms with Crippen molar-refractivity contribution in [1.29, 1.82) is 0 Å². The van der Waals surface area contributed by atoms with Gasteiger partial charge < -0.3 is 37.2 Å². The smallest absolute Gasteiger partial charge is 0.326 e. The molecule has 0 aliphatic heterocycles. The monoisotopic (exact) mass is 427 g/mol. The Balaban J connectivity index is 3.10. The summed E-state index contributed by atoms with van der Waals surface area (Å²) in [7, 11) is 0. The van der Waals surface area contributed by atoms with Crippen molar-refractivity contribution >= 4 is 47.2 Å². The summed E-state index contributed by atoms with van der Waals surface area (Å²) in [6, 6.07) is -1.81. The van der Waals surface area contributed by atoms with Crippen LogP contribution in [0.2, 0.25) is 0 Å². The summed E-state index contributed by atoms with van der Waals surface area (Å²) in [6.07, 6.45) is -2.57. The van der Waals surface area contributed by atoms with Gasteiger partial charge in [-0.25, -0.2) is 14.8 Å². The van der Waals surface area contributed by atoms with E-state index in [1.807, 2.05) is 5.32 Å². The molecule has 1 aromatic heterocycles. The summed E-state index contributed by atoms with van der Waals surface area (Å²) in [5, 5.41) is 37.2. The summed E-state index contributed by atoms with van der Waals surface area (Å²) >= 11 is 0. The molecule has 1 heterocycles. The molecule has 0 saturated heterocycles. The number of rotatable bonds is 11. The number of carbonyl (C=O) groups excluding carboxylic acids is 2. The molecule has 1 unspecified atom stereocenters. The van der Waals surface area contributed by atoms with Crippen LogP contribution in [0.1, 0.15) is 40.2 Å². The molecule has 0 spiro atoms. The van der Waals surface area contributed by atoms with Gasteiger partial charge in [-0.15, -0.1) is 0 Å². The van der Waals surface area contributed by atoms with E-state index in [1.54, 1.807) is 0 Å². The molecule has 162 valence electrons. The van der Waals surface area contributed by atoms with Crippen LogP contribution in [0, 0.1) is 5.92 Å². The fraction of sp³-hybridized carbons (Fsp3) is 0.333. The lowest BCUT2D eigenvalue weighted by atomic mass is 9.97. The molecule has 1 aromatic rings. The Hall–Kier alpha value is -4.30. The van der Waals surface area contributed by atoms with Crippen LogP contribution in [0.25, 0.3) is 0 Å². The van der Waals surface area contributed by atoms with Crippen LogP contribution in [0.3, 0.4) is 0 Å². The number of Topliss-reactive ketones (excluding diaryl/α,β-unsaturated/α-hetero) is 1. The first-order valence-electron chi connectivity index (χ1n) is 7.99. The van der Waals surface area contributed by atoms with Crippen LogP contribution in [-0.4, -0.2) is 72.0 Å². The molecule has 15 nitrogen and oxygen atoms in total. The molecule has 2 atom stereocenters. The lowest BCUT2D eigenvalue weighted by molar-refractivity contribution is -0.148. The minimum absolute atomic E-state index is 0.610. The first kappa shape index (κ1) is 23.7. The lowest BCUT2D eigenvalue weighted by Crippen LogP contribution is -2.43. The van der Waals surface area contributed by atoms with Crippen LogP contribution in [-0.2, 0) is 19.2 Å². The average Bonchev–Trinajstić information content (AvgIpc) is 2.60. The van der Waals surface area contributed by atoms with E-state index in [9.17, 15) is 28.8 Å². The van der Waals surface area contributed by atoms with Gasteiger partial charge in [0.1, 0.15) is 6.04 Å². The van der Waals surface area contributed by atoms with Gasteiger partial charge in [-0.3, -0.25) is 24.0 Å². The van der Waals surface area contributed by atoms with Gasteiger partial charge in [-0.05, 0) is 0 Å². The average molecular weight is 427 g/mol. The van der Waals surface area contributed by atoms with E-state index in [0.717, 1.165) is 0 Å². The van der Waals surface area contributed by atoms with Crippen molar-refractivity contribution in [3.05, 3.63) is 11.4 Å². The van der Waals surface area contributed by atoms with Crippen molar-refractivity contribution in [1.82, 2.24) is 15.3 Å². The van der Waals surface area contributed by atoms with Gasteiger partial charge in [0.2, 0.25) is 0 Å². The van der Waals surface area contributed by atoms with Crippen molar-refractivity contribution in [2.75, 3.05) is 11.5 Å². The predicted octanol–water partition coefficient (Wildman–Crippen LogP) is -1.95. The number of nitrogen functional groups attached to an aromatic ring is 2. The summed E-state index contributed by atoms with van der Waals surface area (Å²) in [5.74, 6) is -11.3. The minimum Gasteiger partial charge on any atom is -0.481 e. The van der Waals surface area contributed by atoms with Crippen molar-refractivity contribution < 1.29 is 49.2 Å². The Morgan fingerprint density at radius 1 is 0.767 bits per heavy atom. The van der Waals surface area contributed by atoms with E-state index in [4.69, 9.17) is 31.9 Å². The number of carboxylic acids is 4. The number of aromatic nitrogens is 2. The molecular formula is C15H17N5O10. The SMILES string of the molecule is Nc1nc(C(=O)NC(CC(=O)O)C(=O)O)c(N)nc1C(=O)C[C@H](CC(=O)O)C(=O)O. The minimum atomic E-state index is -1.81. The Morgan fingerprint density at radius 2 is 1.27 bits per heavy atom. The van der Waals surface area contributed by atoms with Crippen LogP contribution in [0.5, 0.6) is 0 Å². The summed E-state index contributed by atoms with van der Waals surface area (Å²) in [5.41, 5.74) is 9.78. The third kappa shape index (κ3) is 6.39. The first-order valence-corrected chi connectivity index (χ1v) is 7.99. The second-order valence-corrected chi connectivity index (χ2v) is 5.91. The highest BCUT2D eigenvalue weighted by atomic mass is 16.4. The number of anilines is 2. The first-order chi connectivity index (χ1) is 13.8. The highest BCUT2D eigenvalue weighted by Gasteiger charge is 2.29.